The van der Waals surface area contributed by atoms with Gasteiger partial charge in [0.15, 0.2) is 0 Å². The molecule has 28 heavy (non-hydrogen) atoms. The molecule has 1 N–H and O–H groups in total. The third-order valence-electron chi connectivity index (χ3n) is 6.36. The fourth-order valence-corrected chi connectivity index (χ4v) is 4.70. The molecule has 3 aliphatic rings. The van der Waals surface area contributed by atoms with E-state index in [-0.39, 0.29) is 23.9 Å². The number of piperidine rings is 2. The lowest BCUT2D eigenvalue weighted by molar-refractivity contribution is -0.138. The van der Waals surface area contributed by atoms with Gasteiger partial charge in [-0.1, -0.05) is 30.3 Å². The number of nitrogens with zero attached hydrogens (tertiary/aromatic N) is 3. The van der Waals surface area contributed by atoms with E-state index in [0.717, 1.165) is 32.5 Å². The van der Waals surface area contributed by atoms with Gasteiger partial charge in [-0.2, -0.15) is 0 Å². The summed E-state index contributed by atoms with van der Waals surface area (Å²) in [6.45, 7) is 5.11. The largest absolute Gasteiger partial charge is 0.341 e. The van der Waals surface area contributed by atoms with Crippen molar-refractivity contribution in [1.29, 1.82) is 0 Å². The highest BCUT2D eigenvalue weighted by atomic mass is 16.2. The zero-order chi connectivity index (χ0) is 19.7. The number of carbonyl (C=O) groups is 3. The highest BCUT2D eigenvalue weighted by molar-refractivity contribution is 6.07. The average molecular weight is 384 g/mol. The molecule has 0 unspecified atom stereocenters. The van der Waals surface area contributed by atoms with Gasteiger partial charge in [-0.05, 0) is 31.2 Å². The van der Waals surface area contributed by atoms with Crippen LogP contribution in [0.25, 0.3) is 0 Å². The van der Waals surface area contributed by atoms with Crippen LogP contribution < -0.4 is 5.32 Å². The van der Waals surface area contributed by atoms with Crippen LogP contribution in [-0.2, 0) is 16.1 Å². The van der Waals surface area contributed by atoms with Gasteiger partial charge < -0.3 is 10.2 Å². The lowest BCUT2D eigenvalue weighted by atomic mass is 9.87. The summed E-state index contributed by atoms with van der Waals surface area (Å²) in [5.41, 5.74) is 0.483. The number of hydrogen-bond acceptors (Lipinski definition) is 4. The van der Waals surface area contributed by atoms with Crippen LogP contribution in [0.3, 0.4) is 0 Å². The number of imide groups is 1. The molecule has 1 aromatic carbocycles. The first-order valence-electron chi connectivity index (χ1n) is 10.2. The van der Waals surface area contributed by atoms with E-state index in [9.17, 15) is 14.4 Å². The maximum atomic E-state index is 13.3. The van der Waals surface area contributed by atoms with E-state index in [4.69, 9.17) is 0 Å². The molecule has 0 saturated carbocycles. The van der Waals surface area contributed by atoms with Gasteiger partial charge in [0.25, 0.3) is 5.91 Å². The number of hydrogen-bond donors (Lipinski definition) is 1. The molecule has 3 saturated heterocycles. The number of rotatable bonds is 3. The fraction of sp³-hybridized carbons (Fsp3) is 0.571. The summed E-state index contributed by atoms with van der Waals surface area (Å²) in [4.78, 5) is 43.1. The Morgan fingerprint density at radius 2 is 1.86 bits per heavy atom. The predicted molar refractivity (Wildman–Crippen MR) is 104 cm³/mol. The van der Waals surface area contributed by atoms with Gasteiger partial charge in [-0.15, -0.1) is 0 Å². The Labute approximate surface area is 165 Å². The molecule has 7 heteroatoms. The molecule has 0 aliphatic carbocycles. The normalized spacial score (nSPS) is 25.2. The summed E-state index contributed by atoms with van der Waals surface area (Å²) >= 11 is 0. The molecule has 7 nitrogen and oxygen atoms in total. The molecule has 4 rings (SSSR count). The lowest BCUT2D eigenvalue weighted by Gasteiger charge is -2.39. The van der Waals surface area contributed by atoms with Gasteiger partial charge in [0, 0.05) is 39.6 Å². The van der Waals surface area contributed by atoms with Crippen LogP contribution in [0, 0.1) is 0 Å². The van der Waals surface area contributed by atoms with Crippen molar-refractivity contribution in [2.45, 2.75) is 50.7 Å². The zero-order valence-corrected chi connectivity index (χ0v) is 16.4. The summed E-state index contributed by atoms with van der Waals surface area (Å²) in [7, 11) is 0. The molecule has 3 aliphatic heterocycles. The van der Waals surface area contributed by atoms with E-state index in [1.165, 1.54) is 17.4 Å². The Morgan fingerprint density at radius 3 is 2.54 bits per heavy atom. The SMILES string of the molecule is CC(=O)N1CCC[C@H](N2C(=O)NC3(CCN(Cc4ccccc4)CC3)C2=O)C1. The van der Waals surface area contributed by atoms with E-state index >= 15 is 0 Å². The molecule has 4 amide bonds. The van der Waals surface area contributed by atoms with Crippen LogP contribution in [0.5, 0.6) is 0 Å². The first-order valence-corrected chi connectivity index (χ1v) is 10.2. The molecule has 3 heterocycles. The summed E-state index contributed by atoms with van der Waals surface area (Å²) in [5, 5.41) is 3.00. The molecule has 3 fully saturated rings. The Balaban J connectivity index is 1.41. The lowest BCUT2D eigenvalue weighted by Crippen LogP contribution is -2.56. The molecular weight excluding hydrogens is 356 g/mol. The van der Waals surface area contributed by atoms with Crippen molar-refractivity contribution in [2.75, 3.05) is 26.2 Å². The van der Waals surface area contributed by atoms with E-state index < -0.39 is 5.54 Å². The highest BCUT2D eigenvalue weighted by Crippen LogP contribution is 2.32. The van der Waals surface area contributed by atoms with Gasteiger partial charge in [-0.25, -0.2) is 4.79 Å². The van der Waals surface area contributed by atoms with Crippen molar-refractivity contribution in [3.8, 4) is 0 Å². The Kier molecular flexibility index (Phi) is 5.10. The number of nitrogens with one attached hydrogen (secondary N) is 1. The van der Waals surface area contributed by atoms with Gasteiger partial charge in [0.05, 0.1) is 6.04 Å². The molecule has 1 atom stereocenters. The van der Waals surface area contributed by atoms with Crippen molar-refractivity contribution in [3.05, 3.63) is 35.9 Å². The van der Waals surface area contributed by atoms with Gasteiger partial charge >= 0.3 is 6.03 Å². The van der Waals surface area contributed by atoms with Crippen LogP contribution >= 0.6 is 0 Å². The number of carbonyl (C=O) groups excluding carboxylic acids is 3. The zero-order valence-electron chi connectivity index (χ0n) is 16.4. The summed E-state index contributed by atoms with van der Waals surface area (Å²) < 4.78 is 0. The number of amides is 4. The highest BCUT2D eigenvalue weighted by Gasteiger charge is 2.54. The quantitative estimate of drug-likeness (QED) is 0.803. The van der Waals surface area contributed by atoms with Crippen LogP contribution in [0.2, 0.25) is 0 Å². The summed E-state index contributed by atoms with van der Waals surface area (Å²) in [6, 6.07) is 9.79. The van der Waals surface area contributed by atoms with Gasteiger partial charge in [-0.3, -0.25) is 19.4 Å². The number of urea groups is 1. The van der Waals surface area contributed by atoms with Crippen molar-refractivity contribution in [1.82, 2.24) is 20.0 Å². The van der Waals surface area contributed by atoms with Crippen molar-refractivity contribution >= 4 is 17.8 Å². The minimum atomic E-state index is -0.775. The van der Waals surface area contributed by atoms with Crippen molar-refractivity contribution in [3.63, 3.8) is 0 Å². The fourth-order valence-electron chi connectivity index (χ4n) is 4.70. The van der Waals surface area contributed by atoms with Crippen LogP contribution in [0.1, 0.15) is 38.2 Å². The second-order valence-corrected chi connectivity index (χ2v) is 8.21. The summed E-state index contributed by atoms with van der Waals surface area (Å²) in [5.74, 6) is -0.104. The van der Waals surface area contributed by atoms with Crippen LogP contribution in [-0.4, -0.2) is 70.3 Å². The molecule has 0 radical (unpaired) electrons. The number of likely N-dealkylation sites (tertiary alicyclic amines) is 2. The van der Waals surface area contributed by atoms with Crippen LogP contribution in [0.4, 0.5) is 4.79 Å². The Hall–Kier alpha value is -2.41. The van der Waals surface area contributed by atoms with Crippen molar-refractivity contribution in [2.24, 2.45) is 0 Å². The van der Waals surface area contributed by atoms with E-state index in [1.54, 1.807) is 4.90 Å². The Bertz CT molecular complexity index is 758. The van der Waals surface area contributed by atoms with Gasteiger partial charge in [0.2, 0.25) is 5.91 Å². The first-order chi connectivity index (χ1) is 13.5. The topological polar surface area (TPSA) is 73.0 Å². The third-order valence-corrected chi connectivity index (χ3v) is 6.36. The number of benzene rings is 1. The van der Waals surface area contributed by atoms with Gasteiger partial charge in [0.1, 0.15) is 5.54 Å². The average Bonchev–Trinajstić information content (AvgIpc) is 2.94. The second-order valence-electron chi connectivity index (χ2n) is 8.21. The first kappa shape index (κ1) is 18.9. The minimum Gasteiger partial charge on any atom is -0.341 e. The molecular formula is C21H28N4O3. The standard InChI is InChI=1S/C21H28N4O3/c1-16(26)24-11-5-8-18(15-24)25-19(27)21(22-20(25)28)9-12-23(13-10-21)14-17-6-3-2-4-7-17/h2-4,6-7,18H,5,8-15H2,1H3,(H,22,28)/t18-/m0/s1. The maximum absolute atomic E-state index is 13.3. The van der Waals surface area contributed by atoms with Crippen LogP contribution in [0.15, 0.2) is 30.3 Å². The molecule has 0 bridgehead atoms. The Morgan fingerprint density at radius 1 is 1.14 bits per heavy atom. The minimum absolute atomic E-state index is 0.000637. The van der Waals surface area contributed by atoms with Crippen molar-refractivity contribution < 1.29 is 14.4 Å². The third kappa shape index (κ3) is 3.51. The molecule has 1 spiro atoms. The molecule has 1 aromatic rings. The smallest absolute Gasteiger partial charge is 0.325 e. The molecule has 150 valence electrons. The molecule has 0 aromatic heterocycles. The monoisotopic (exact) mass is 384 g/mol. The second kappa shape index (κ2) is 7.54. The van der Waals surface area contributed by atoms with E-state index in [0.29, 0.717) is 25.9 Å². The summed E-state index contributed by atoms with van der Waals surface area (Å²) in [6.07, 6.45) is 2.84. The maximum Gasteiger partial charge on any atom is 0.325 e. The van der Waals surface area contributed by atoms with E-state index in [1.807, 2.05) is 18.2 Å². The predicted octanol–water partition coefficient (Wildman–Crippen LogP) is 1.58. The van der Waals surface area contributed by atoms with E-state index in [2.05, 4.69) is 22.3 Å².